The van der Waals surface area contributed by atoms with Crippen LogP contribution in [0, 0.1) is 0 Å². The summed E-state index contributed by atoms with van der Waals surface area (Å²) in [4.78, 5) is 38.1. The summed E-state index contributed by atoms with van der Waals surface area (Å²) in [5.74, 6) is -0.831. The van der Waals surface area contributed by atoms with Gasteiger partial charge in [-0.25, -0.2) is 0 Å². The highest BCUT2D eigenvalue weighted by Crippen LogP contribution is 2.18. The average Bonchev–Trinajstić information content (AvgIpc) is 3.31. The van der Waals surface area contributed by atoms with Gasteiger partial charge in [-0.3, -0.25) is 14.4 Å². The molecule has 66 heavy (non-hydrogen) atoms. The van der Waals surface area contributed by atoms with E-state index in [0.29, 0.717) is 19.3 Å². The van der Waals surface area contributed by atoms with Crippen LogP contribution in [0.15, 0.2) is 0 Å². The van der Waals surface area contributed by atoms with Crippen LogP contribution in [0.25, 0.3) is 0 Å². The van der Waals surface area contributed by atoms with Gasteiger partial charge in [-0.1, -0.05) is 310 Å². The molecule has 0 fully saturated rings. The lowest BCUT2D eigenvalue weighted by Crippen LogP contribution is -2.30. The van der Waals surface area contributed by atoms with E-state index in [1.807, 2.05) is 0 Å². The number of rotatable bonds is 56. The smallest absolute Gasteiger partial charge is 0.306 e. The Morgan fingerprint density at radius 3 is 0.606 bits per heavy atom. The number of carbonyl (C=O) groups is 3. The predicted octanol–water partition coefficient (Wildman–Crippen LogP) is 19.9. The third-order valence-corrected chi connectivity index (χ3v) is 13.9. The molecule has 0 radical (unpaired) electrons. The van der Waals surface area contributed by atoms with Crippen molar-refractivity contribution in [3.8, 4) is 0 Å². The molecular formula is C60H116O6. The minimum absolute atomic E-state index is 0.0611. The third-order valence-electron chi connectivity index (χ3n) is 13.9. The fourth-order valence-corrected chi connectivity index (χ4v) is 9.33. The maximum absolute atomic E-state index is 12.8. The Labute approximate surface area is 412 Å². The van der Waals surface area contributed by atoms with E-state index in [9.17, 15) is 14.4 Å². The number of carbonyl (C=O) groups excluding carboxylic acids is 3. The Morgan fingerprint density at radius 2 is 0.409 bits per heavy atom. The second-order valence-corrected chi connectivity index (χ2v) is 20.6. The molecule has 0 N–H and O–H groups in total. The van der Waals surface area contributed by atoms with Crippen molar-refractivity contribution < 1.29 is 28.6 Å². The van der Waals surface area contributed by atoms with Gasteiger partial charge in [-0.2, -0.15) is 0 Å². The van der Waals surface area contributed by atoms with Crippen LogP contribution in [0.1, 0.15) is 348 Å². The molecule has 0 spiro atoms. The minimum Gasteiger partial charge on any atom is -0.462 e. The van der Waals surface area contributed by atoms with E-state index >= 15 is 0 Å². The lowest BCUT2D eigenvalue weighted by atomic mass is 10.0. The summed E-state index contributed by atoms with van der Waals surface area (Å²) in [6.07, 6.45) is 62.4. The van der Waals surface area contributed by atoms with Gasteiger partial charge in [0.1, 0.15) is 13.2 Å². The molecule has 0 rings (SSSR count). The van der Waals surface area contributed by atoms with Gasteiger partial charge >= 0.3 is 17.9 Å². The molecule has 0 heterocycles. The molecule has 0 bridgehead atoms. The third kappa shape index (κ3) is 53.4. The first-order chi connectivity index (χ1) is 32.5. The molecule has 0 aromatic carbocycles. The quantitative estimate of drug-likeness (QED) is 0.0343. The first-order valence-corrected chi connectivity index (χ1v) is 30.0. The first kappa shape index (κ1) is 64.4. The summed E-state index contributed by atoms with van der Waals surface area (Å²) in [5, 5.41) is 0. The van der Waals surface area contributed by atoms with Crippen molar-refractivity contribution in [2.75, 3.05) is 13.2 Å². The number of unbranched alkanes of at least 4 members (excludes halogenated alkanes) is 45. The van der Waals surface area contributed by atoms with E-state index in [4.69, 9.17) is 14.2 Å². The summed E-state index contributed by atoms with van der Waals surface area (Å²) < 4.78 is 16.9. The molecule has 0 aliphatic rings. The zero-order valence-electron chi connectivity index (χ0n) is 45.0. The minimum atomic E-state index is -0.761. The second-order valence-electron chi connectivity index (χ2n) is 20.6. The predicted molar refractivity (Wildman–Crippen MR) is 284 cm³/mol. The summed E-state index contributed by atoms with van der Waals surface area (Å²) in [7, 11) is 0. The van der Waals surface area contributed by atoms with Crippen LogP contribution in [0.4, 0.5) is 0 Å². The van der Waals surface area contributed by atoms with E-state index in [1.165, 1.54) is 250 Å². The van der Waals surface area contributed by atoms with Gasteiger partial charge in [0.05, 0.1) is 0 Å². The van der Waals surface area contributed by atoms with Gasteiger partial charge in [0.25, 0.3) is 0 Å². The number of hydrogen-bond acceptors (Lipinski definition) is 6. The zero-order chi connectivity index (χ0) is 47.9. The fraction of sp³-hybridized carbons (Fsp3) is 0.950. The van der Waals surface area contributed by atoms with Crippen LogP contribution in [-0.2, 0) is 28.6 Å². The molecule has 6 heteroatoms. The Bertz CT molecular complexity index is 982. The van der Waals surface area contributed by atoms with Crippen LogP contribution in [0.3, 0.4) is 0 Å². The summed E-state index contributed by atoms with van der Waals surface area (Å²) in [6.45, 7) is 6.71. The molecule has 0 aromatic heterocycles. The molecule has 1 atom stereocenters. The molecule has 0 saturated carbocycles. The van der Waals surface area contributed by atoms with Crippen LogP contribution < -0.4 is 0 Å². The molecule has 0 amide bonds. The monoisotopic (exact) mass is 933 g/mol. The van der Waals surface area contributed by atoms with E-state index in [1.54, 1.807) is 0 Å². The lowest BCUT2D eigenvalue weighted by molar-refractivity contribution is -0.167. The molecule has 0 saturated heterocycles. The van der Waals surface area contributed by atoms with Crippen LogP contribution in [-0.4, -0.2) is 37.2 Å². The number of ether oxygens (including phenoxy) is 3. The topological polar surface area (TPSA) is 78.9 Å². The Kier molecular flexibility index (Phi) is 54.7. The number of esters is 3. The highest BCUT2D eigenvalue weighted by atomic mass is 16.6. The van der Waals surface area contributed by atoms with E-state index in [2.05, 4.69) is 20.8 Å². The summed E-state index contributed by atoms with van der Waals surface area (Å²) in [5.41, 5.74) is 0. The van der Waals surface area contributed by atoms with Crippen molar-refractivity contribution in [1.29, 1.82) is 0 Å². The molecule has 0 aromatic rings. The normalized spacial score (nSPS) is 11.9. The van der Waals surface area contributed by atoms with Gasteiger partial charge in [-0.05, 0) is 19.3 Å². The zero-order valence-corrected chi connectivity index (χ0v) is 45.0. The molecule has 0 aliphatic carbocycles. The SMILES string of the molecule is CCCCCCCCCCCCCCCCCCCCCC(=O)OC[C@@H](COC(=O)CCCCCCCCCCCCCCCCCCCC)OC(=O)CCCCCCCCCCCCC. The van der Waals surface area contributed by atoms with Crippen LogP contribution >= 0.6 is 0 Å². The maximum atomic E-state index is 12.8. The van der Waals surface area contributed by atoms with Crippen molar-refractivity contribution in [2.45, 2.75) is 354 Å². The standard InChI is InChI=1S/C60H116O6/c1-4-7-10-13-16-19-22-24-26-28-30-32-34-36-39-41-44-47-50-53-59(62)65-56-57(66-60(63)54-51-48-45-42-37-21-18-15-12-9-6-3)55-64-58(61)52-49-46-43-40-38-35-33-31-29-27-25-23-20-17-14-11-8-5-2/h57H,4-56H2,1-3H3/t57-/m1/s1. The largest absolute Gasteiger partial charge is 0.462 e. The van der Waals surface area contributed by atoms with E-state index < -0.39 is 6.10 Å². The molecule has 392 valence electrons. The van der Waals surface area contributed by atoms with Crippen molar-refractivity contribution in [1.82, 2.24) is 0 Å². The lowest BCUT2D eigenvalue weighted by Gasteiger charge is -2.18. The molecule has 0 unspecified atom stereocenters. The van der Waals surface area contributed by atoms with E-state index in [-0.39, 0.29) is 31.1 Å². The molecular weight excluding hydrogens is 817 g/mol. The summed E-state index contributed by atoms with van der Waals surface area (Å²) in [6, 6.07) is 0. The molecule has 6 nitrogen and oxygen atoms in total. The Hall–Kier alpha value is -1.59. The van der Waals surface area contributed by atoms with Crippen molar-refractivity contribution in [3.05, 3.63) is 0 Å². The van der Waals surface area contributed by atoms with Crippen molar-refractivity contribution in [3.63, 3.8) is 0 Å². The maximum Gasteiger partial charge on any atom is 0.306 e. The van der Waals surface area contributed by atoms with Gasteiger partial charge in [-0.15, -0.1) is 0 Å². The first-order valence-electron chi connectivity index (χ1n) is 30.0. The van der Waals surface area contributed by atoms with Gasteiger partial charge in [0.2, 0.25) is 0 Å². The van der Waals surface area contributed by atoms with Gasteiger partial charge < -0.3 is 14.2 Å². The second kappa shape index (κ2) is 56.0. The fourth-order valence-electron chi connectivity index (χ4n) is 9.33. The van der Waals surface area contributed by atoms with Gasteiger partial charge in [0, 0.05) is 19.3 Å². The Morgan fingerprint density at radius 1 is 0.242 bits per heavy atom. The van der Waals surface area contributed by atoms with Crippen molar-refractivity contribution in [2.24, 2.45) is 0 Å². The number of hydrogen-bond donors (Lipinski definition) is 0. The molecule has 0 aliphatic heterocycles. The van der Waals surface area contributed by atoms with Crippen LogP contribution in [0.5, 0.6) is 0 Å². The van der Waals surface area contributed by atoms with Crippen LogP contribution in [0.2, 0.25) is 0 Å². The highest BCUT2D eigenvalue weighted by Gasteiger charge is 2.19. The average molecular weight is 934 g/mol. The highest BCUT2D eigenvalue weighted by molar-refractivity contribution is 5.71. The van der Waals surface area contributed by atoms with Crippen molar-refractivity contribution >= 4 is 17.9 Å². The summed E-state index contributed by atoms with van der Waals surface area (Å²) >= 11 is 0. The van der Waals surface area contributed by atoms with Gasteiger partial charge in [0.15, 0.2) is 6.10 Å². The van der Waals surface area contributed by atoms with E-state index in [0.717, 1.165) is 57.8 Å². The Balaban J connectivity index is 4.21.